The van der Waals surface area contributed by atoms with Gasteiger partial charge in [-0.05, 0) is 25.0 Å². The third-order valence-corrected chi connectivity index (χ3v) is 6.62. The SMILES string of the molecule is O=S(=O)(NCC1(N2CCOCC2)CCCCC1)c1ccccc1F. The molecule has 0 amide bonds. The lowest BCUT2D eigenvalue weighted by Gasteiger charge is -2.48. The third kappa shape index (κ3) is 3.79. The number of nitrogens with one attached hydrogen (secondary N) is 1. The summed E-state index contributed by atoms with van der Waals surface area (Å²) in [5.41, 5.74) is -0.180. The molecule has 1 heterocycles. The van der Waals surface area contributed by atoms with Crippen LogP contribution in [0.1, 0.15) is 32.1 Å². The van der Waals surface area contributed by atoms with Crippen molar-refractivity contribution >= 4 is 10.0 Å². The van der Waals surface area contributed by atoms with Crippen LogP contribution in [0.25, 0.3) is 0 Å². The van der Waals surface area contributed by atoms with Crippen LogP contribution in [0.4, 0.5) is 4.39 Å². The first kappa shape index (κ1) is 17.8. The molecule has 0 bridgehead atoms. The number of sulfonamides is 1. The van der Waals surface area contributed by atoms with Crippen LogP contribution in [0.2, 0.25) is 0 Å². The van der Waals surface area contributed by atoms with Gasteiger partial charge in [-0.25, -0.2) is 17.5 Å². The zero-order valence-corrected chi connectivity index (χ0v) is 14.7. The monoisotopic (exact) mass is 356 g/mol. The molecule has 2 fully saturated rings. The second kappa shape index (κ2) is 7.47. The van der Waals surface area contributed by atoms with Gasteiger partial charge >= 0.3 is 0 Å². The van der Waals surface area contributed by atoms with Gasteiger partial charge in [0.15, 0.2) is 0 Å². The number of ether oxygens (including phenoxy) is 1. The van der Waals surface area contributed by atoms with Gasteiger partial charge in [0.25, 0.3) is 0 Å². The van der Waals surface area contributed by atoms with E-state index in [0.29, 0.717) is 19.8 Å². The molecule has 1 aliphatic carbocycles. The summed E-state index contributed by atoms with van der Waals surface area (Å²) in [5, 5.41) is 0. The van der Waals surface area contributed by atoms with E-state index in [2.05, 4.69) is 9.62 Å². The zero-order valence-electron chi connectivity index (χ0n) is 13.8. The molecule has 1 N–H and O–H groups in total. The Kier molecular flexibility index (Phi) is 5.54. The second-order valence-electron chi connectivity index (χ2n) is 6.64. The summed E-state index contributed by atoms with van der Waals surface area (Å²) >= 11 is 0. The van der Waals surface area contributed by atoms with E-state index in [9.17, 15) is 12.8 Å². The molecule has 2 aliphatic rings. The molecule has 0 atom stereocenters. The van der Waals surface area contributed by atoms with Crippen LogP contribution >= 0.6 is 0 Å². The van der Waals surface area contributed by atoms with Gasteiger partial charge in [-0.2, -0.15) is 0 Å². The maximum atomic E-state index is 13.9. The number of rotatable bonds is 5. The van der Waals surface area contributed by atoms with E-state index >= 15 is 0 Å². The highest BCUT2D eigenvalue weighted by Crippen LogP contribution is 2.34. The maximum absolute atomic E-state index is 13.9. The Morgan fingerprint density at radius 2 is 1.79 bits per heavy atom. The van der Waals surface area contributed by atoms with Gasteiger partial charge < -0.3 is 4.74 Å². The summed E-state index contributed by atoms with van der Waals surface area (Å²) < 4.78 is 47.0. The molecule has 7 heteroatoms. The van der Waals surface area contributed by atoms with Crippen molar-refractivity contribution in [3.05, 3.63) is 30.1 Å². The molecule has 1 saturated carbocycles. The summed E-state index contributed by atoms with van der Waals surface area (Å²) in [6.07, 6.45) is 5.31. The van der Waals surface area contributed by atoms with E-state index in [4.69, 9.17) is 4.74 Å². The van der Waals surface area contributed by atoms with Gasteiger partial charge in [0.2, 0.25) is 10.0 Å². The largest absolute Gasteiger partial charge is 0.379 e. The van der Waals surface area contributed by atoms with Crippen LogP contribution in [0.3, 0.4) is 0 Å². The lowest BCUT2D eigenvalue weighted by atomic mass is 9.80. The van der Waals surface area contributed by atoms with Crippen molar-refractivity contribution in [2.24, 2.45) is 0 Å². The van der Waals surface area contributed by atoms with Gasteiger partial charge in [-0.15, -0.1) is 0 Å². The first-order valence-corrected chi connectivity index (χ1v) is 10.1. The molecular weight excluding hydrogens is 331 g/mol. The molecule has 0 radical (unpaired) electrons. The molecule has 3 rings (SSSR count). The summed E-state index contributed by atoms with van der Waals surface area (Å²) in [5.74, 6) is -0.714. The second-order valence-corrected chi connectivity index (χ2v) is 8.37. The summed E-state index contributed by atoms with van der Waals surface area (Å²) in [7, 11) is -3.85. The molecule has 0 aromatic heterocycles. The number of hydrogen-bond donors (Lipinski definition) is 1. The first-order chi connectivity index (χ1) is 11.5. The summed E-state index contributed by atoms with van der Waals surface area (Å²) in [4.78, 5) is 2.08. The van der Waals surface area contributed by atoms with Crippen molar-refractivity contribution < 1.29 is 17.5 Å². The van der Waals surface area contributed by atoms with E-state index in [1.54, 1.807) is 0 Å². The molecule has 0 unspecified atom stereocenters. The fourth-order valence-electron chi connectivity index (χ4n) is 3.82. The van der Waals surface area contributed by atoms with Gasteiger partial charge in [0.05, 0.1) is 13.2 Å². The minimum Gasteiger partial charge on any atom is -0.379 e. The van der Waals surface area contributed by atoms with Crippen LogP contribution in [-0.2, 0) is 14.8 Å². The number of hydrogen-bond acceptors (Lipinski definition) is 4. The van der Waals surface area contributed by atoms with Crippen molar-refractivity contribution in [1.82, 2.24) is 9.62 Å². The van der Waals surface area contributed by atoms with Crippen molar-refractivity contribution in [2.45, 2.75) is 42.5 Å². The Labute approximate surface area is 143 Å². The van der Waals surface area contributed by atoms with Crippen LogP contribution in [0.15, 0.2) is 29.2 Å². The van der Waals surface area contributed by atoms with Gasteiger partial charge in [-0.1, -0.05) is 31.4 Å². The highest BCUT2D eigenvalue weighted by atomic mass is 32.2. The van der Waals surface area contributed by atoms with Crippen molar-refractivity contribution in [2.75, 3.05) is 32.8 Å². The average Bonchev–Trinajstić information content (AvgIpc) is 2.62. The smallest absolute Gasteiger partial charge is 0.243 e. The number of morpholine rings is 1. The fourth-order valence-corrected chi connectivity index (χ4v) is 5.02. The Hall–Kier alpha value is -1.02. The molecule has 1 aliphatic heterocycles. The molecule has 1 aromatic rings. The number of nitrogens with zero attached hydrogens (tertiary/aromatic N) is 1. The lowest BCUT2D eigenvalue weighted by molar-refractivity contribution is -0.0348. The summed E-state index contributed by atoms with van der Waals surface area (Å²) in [6, 6.07) is 5.51. The standard InChI is InChI=1S/C17H25FN2O3S/c18-15-6-2-3-7-16(15)24(21,22)19-14-17(8-4-1-5-9-17)20-10-12-23-13-11-20/h2-3,6-7,19H,1,4-5,8-14H2. The average molecular weight is 356 g/mol. The minimum atomic E-state index is -3.85. The fraction of sp³-hybridized carbons (Fsp3) is 0.647. The molecule has 5 nitrogen and oxygen atoms in total. The third-order valence-electron chi connectivity index (χ3n) is 5.18. The molecule has 134 valence electrons. The summed E-state index contributed by atoms with van der Waals surface area (Å²) in [6.45, 7) is 3.33. The first-order valence-electron chi connectivity index (χ1n) is 8.61. The van der Waals surface area contributed by atoms with Crippen molar-refractivity contribution in [1.29, 1.82) is 0 Å². The predicted molar refractivity (Wildman–Crippen MR) is 89.8 cm³/mol. The van der Waals surface area contributed by atoms with Crippen LogP contribution in [-0.4, -0.2) is 51.7 Å². The molecule has 24 heavy (non-hydrogen) atoms. The van der Waals surface area contributed by atoms with Crippen molar-refractivity contribution in [3.63, 3.8) is 0 Å². The van der Waals surface area contributed by atoms with Gasteiger partial charge in [0, 0.05) is 25.2 Å². The Bertz CT molecular complexity index is 654. The molecular formula is C17H25FN2O3S. The molecule has 1 saturated heterocycles. The Morgan fingerprint density at radius 3 is 2.46 bits per heavy atom. The van der Waals surface area contributed by atoms with Gasteiger partial charge in [-0.3, -0.25) is 4.90 Å². The lowest BCUT2D eigenvalue weighted by Crippen LogP contribution is -2.59. The Morgan fingerprint density at radius 1 is 1.12 bits per heavy atom. The maximum Gasteiger partial charge on any atom is 0.243 e. The Balaban J connectivity index is 1.77. The minimum absolute atomic E-state index is 0.180. The molecule has 1 aromatic carbocycles. The van der Waals surface area contributed by atoms with E-state index in [1.165, 1.54) is 30.7 Å². The normalized spacial score (nSPS) is 22.4. The topological polar surface area (TPSA) is 58.6 Å². The highest BCUT2D eigenvalue weighted by molar-refractivity contribution is 7.89. The van der Waals surface area contributed by atoms with Crippen LogP contribution in [0, 0.1) is 5.82 Å². The van der Waals surface area contributed by atoms with E-state index in [0.717, 1.165) is 38.8 Å². The number of benzene rings is 1. The van der Waals surface area contributed by atoms with E-state index in [-0.39, 0.29) is 10.4 Å². The van der Waals surface area contributed by atoms with Gasteiger partial charge in [0.1, 0.15) is 10.7 Å². The van der Waals surface area contributed by atoms with E-state index < -0.39 is 15.8 Å². The quantitative estimate of drug-likeness (QED) is 0.878. The van der Waals surface area contributed by atoms with Crippen LogP contribution < -0.4 is 4.72 Å². The predicted octanol–water partition coefficient (Wildman–Crippen LogP) is 2.14. The van der Waals surface area contributed by atoms with Crippen molar-refractivity contribution in [3.8, 4) is 0 Å². The van der Waals surface area contributed by atoms with E-state index in [1.807, 2.05) is 0 Å². The highest BCUT2D eigenvalue weighted by Gasteiger charge is 2.39. The van der Waals surface area contributed by atoms with Crippen LogP contribution in [0.5, 0.6) is 0 Å². The zero-order chi connectivity index (χ0) is 17.0. The number of halogens is 1. The molecule has 0 spiro atoms.